The van der Waals surface area contributed by atoms with Crippen LogP contribution < -0.4 is 0 Å². The van der Waals surface area contributed by atoms with Crippen LogP contribution in [0.25, 0.3) is 0 Å². The van der Waals surface area contributed by atoms with Crippen molar-refractivity contribution in [2.75, 3.05) is 92.5 Å². The molecule has 0 saturated heterocycles. The van der Waals surface area contributed by atoms with Crippen molar-refractivity contribution < 1.29 is 42.7 Å². The van der Waals surface area contributed by atoms with E-state index in [1.807, 2.05) is 20.8 Å². The summed E-state index contributed by atoms with van der Waals surface area (Å²) < 4.78 is 43.1. The first-order valence-electron chi connectivity index (χ1n) is 13.2. The van der Waals surface area contributed by atoms with Crippen LogP contribution >= 0.6 is 0 Å². The third-order valence-corrected chi connectivity index (χ3v) is 4.51. The van der Waals surface area contributed by atoms with Crippen molar-refractivity contribution >= 4 is 5.97 Å². The molecule has 0 radical (unpaired) electrons. The zero-order valence-electron chi connectivity index (χ0n) is 22.8. The lowest BCUT2D eigenvalue weighted by Gasteiger charge is -2.19. The van der Waals surface area contributed by atoms with E-state index in [0.717, 1.165) is 13.0 Å². The minimum absolute atomic E-state index is 0.0699. The van der Waals surface area contributed by atoms with Gasteiger partial charge in [0, 0.05) is 6.61 Å². The molecule has 0 rings (SSSR count). The van der Waals surface area contributed by atoms with Gasteiger partial charge >= 0.3 is 5.97 Å². The fourth-order valence-corrected chi connectivity index (χ4v) is 2.83. The Hall–Kier alpha value is -0.810. The molecule has 0 N–H and O–H groups in total. The van der Waals surface area contributed by atoms with E-state index >= 15 is 0 Å². The first-order chi connectivity index (χ1) is 17.0. The third-order valence-electron chi connectivity index (χ3n) is 4.51. The Morgan fingerprint density at radius 3 is 1.23 bits per heavy atom. The summed E-state index contributed by atoms with van der Waals surface area (Å²) in [6.45, 7) is 14.6. The van der Waals surface area contributed by atoms with Crippen molar-refractivity contribution in [3.05, 3.63) is 0 Å². The Balaban J connectivity index is 3.09. The molecule has 0 aliphatic rings. The largest absolute Gasteiger partial charge is 0.458 e. The molecule has 0 heterocycles. The van der Waals surface area contributed by atoms with Crippen LogP contribution in [-0.2, 0) is 42.7 Å². The number of esters is 1. The molecule has 35 heavy (non-hydrogen) atoms. The highest BCUT2D eigenvalue weighted by Crippen LogP contribution is 2.06. The number of hydrogen-bond donors (Lipinski definition) is 0. The molecule has 0 amide bonds. The van der Waals surface area contributed by atoms with Gasteiger partial charge in [-0.1, -0.05) is 39.0 Å². The monoisotopic (exact) mass is 508 g/mol. The van der Waals surface area contributed by atoms with E-state index in [2.05, 4.69) is 6.92 Å². The van der Waals surface area contributed by atoms with E-state index in [4.69, 9.17) is 37.9 Å². The van der Waals surface area contributed by atoms with E-state index < -0.39 is 5.60 Å². The van der Waals surface area contributed by atoms with E-state index in [-0.39, 0.29) is 12.6 Å². The molecule has 0 aromatic heterocycles. The fraction of sp³-hybridized carbons (Fsp3) is 0.962. The molecule has 0 atom stereocenters. The predicted octanol–water partition coefficient (Wildman–Crippen LogP) is 3.80. The number of ether oxygens (including phenoxy) is 8. The molecule has 210 valence electrons. The van der Waals surface area contributed by atoms with Crippen molar-refractivity contribution in [3.63, 3.8) is 0 Å². The highest BCUT2D eigenvalue weighted by molar-refractivity contribution is 5.71. The van der Waals surface area contributed by atoms with Crippen LogP contribution in [0.4, 0.5) is 0 Å². The van der Waals surface area contributed by atoms with Crippen LogP contribution in [0.5, 0.6) is 0 Å². The average Bonchev–Trinajstić information content (AvgIpc) is 2.80. The highest BCUT2D eigenvalue weighted by atomic mass is 16.6. The molecule has 9 heteroatoms. The Kier molecular flexibility index (Phi) is 25.7. The highest BCUT2D eigenvalue weighted by Gasteiger charge is 2.15. The molecule has 0 unspecified atom stereocenters. The second-order valence-electron chi connectivity index (χ2n) is 9.08. The van der Waals surface area contributed by atoms with Gasteiger partial charge in [-0.25, -0.2) is 4.79 Å². The quantitative estimate of drug-likeness (QED) is 0.121. The molecule has 0 spiro atoms. The van der Waals surface area contributed by atoms with E-state index in [9.17, 15) is 4.79 Å². The molecule has 0 aliphatic carbocycles. The van der Waals surface area contributed by atoms with Crippen LogP contribution in [-0.4, -0.2) is 104 Å². The van der Waals surface area contributed by atoms with Gasteiger partial charge in [-0.3, -0.25) is 0 Å². The van der Waals surface area contributed by atoms with Crippen molar-refractivity contribution in [1.29, 1.82) is 0 Å². The average molecular weight is 509 g/mol. The van der Waals surface area contributed by atoms with Crippen LogP contribution in [0, 0.1) is 0 Å². The number of unbranched alkanes of at least 4 members (excludes halogenated alkanes) is 5. The van der Waals surface area contributed by atoms with E-state index in [1.165, 1.54) is 32.1 Å². The van der Waals surface area contributed by atoms with Crippen LogP contribution in [0.3, 0.4) is 0 Å². The summed E-state index contributed by atoms with van der Waals surface area (Å²) in [5, 5.41) is 0. The predicted molar refractivity (Wildman–Crippen MR) is 135 cm³/mol. The maximum atomic E-state index is 11.5. The zero-order chi connectivity index (χ0) is 25.9. The molecular formula is C26H52O9. The van der Waals surface area contributed by atoms with Crippen LogP contribution in [0.15, 0.2) is 0 Å². The summed E-state index contributed by atoms with van der Waals surface area (Å²) in [4.78, 5) is 11.5. The second-order valence-corrected chi connectivity index (χ2v) is 9.08. The molecule has 0 saturated carbocycles. The summed E-state index contributed by atoms with van der Waals surface area (Å²) >= 11 is 0. The molecule has 0 aromatic carbocycles. The van der Waals surface area contributed by atoms with Crippen LogP contribution in [0.1, 0.15) is 66.2 Å². The summed E-state index contributed by atoms with van der Waals surface area (Å²) in [6, 6.07) is 0. The molecular weight excluding hydrogens is 456 g/mol. The molecule has 0 aliphatic heterocycles. The number of hydrogen-bond acceptors (Lipinski definition) is 9. The van der Waals surface area contributed by atoms with E-state index in [0.29, 0.717) is 79.3 Å². The molecule has 0 bridgehead atoms. The van der Waals surface area contributed by atoms with Gasteiger partial charge < -0.3 is 37.9 Å². The Morgan fingerprint density at radius 2 is 0.829 bits per heavy atom. The summed E-state index contributed by atoms with van der Waals surface area (Å²) in [6.07, 6.45) is 7.68. The van der Waals surface area contributed by atoms with Gasteiger partial charge in [-0.05, 0) is 27.2 Å². The molecule has 0 fully saturated rings. The summed E-state index contributed by atoms with van der Waals surface area (Å²) in [7, 11) is 0. The van der Waals surface area contributed by atoms with Gasteiger partial charge in [-0.2, -0.15) is 0 Å². The van der Waals surface area contributed by atoms with Gasteiger partial charge in [0.15, 0.2) is 0 Å². The van der Waals surface area contributed by atoms with Crippen molar-refractivity contribution in [2.24, 2.45) is 0 Å². The summed E-state index contributed by atoms with van der Waals surface area (Å²) in [5.74, 6) is -0.376. The maximum absolute atomic E-state index is 11.5. The first kappa shape index (κ1) is 34.2. The van der Waals surface area contributed by atoms with Gasteiger partial charge in [0.2, 0.25) is 0 Å². The van der Waals surface area contributed by atoms with Gasteiger partial charge in [0.25, 0.3) is 0 Å². The second kappa shape index (κ2) is 26.3. The Bertz CT molecular complexity index is 441. The van der Waals surface area contributed by atoms with Crippen molar-refractivity contribution in [3.8, 4) is 0 Å². The van der Waals surface area contributed by atoms with Crippen LogP contribution in [0.2, 0.25) is 0 Å². The third kappa shape index (κ3) is 31.2. The Morgan fingerprint density at radius 1 is 0.486 bits per heavy atom. The minimum atomic E-state index is -0.498. The van der Waals surface area contributed by atoms with Gasteiger partial charge in [0.1, 0.15) is 12.2 Å². The standard InChI is InChI=1S/C26H52O9/c1-5-6-7-8-9-10-11-28-12-13-29-14-15-30-16-17-31-18-19-32-20-21-33-22-23-34-24-25(27)35-26(2,3)4/h5-24H2,1-4H3. The van der Waals surface area contributed by atoms with Gasteiger partial charge in [-0.15, -0.1) is 0 Å². The van der Waals surface area contributed by atoms with Crippen molar-refractivity contribution in [2.45, 2.75) is 71.8 Å². The number of rotatable bonds is 27. The van der Waals surface area contributed by atoms with E-state index in [1.54, 1.807) is 0 Å². The minimum Gasteiger partial charge on any atom is -0.458 e. The number of carbonyl (C=O) groups excluding carboxylic acids is 1. The fourth-order valence-electron chi connectivity index (χ4n) is 2.83. The first-order valence-corrected chi connectivity index (χ1v) is 13.2. The maximum Gasteiger partial charge on any atom is 0.332 e. The smallest absolute Gasteiger partial charge is 0.332 e. The normalized spacial score (nSPS) is 11.8. The molecule has 0 aromatic rings. The lowest BCUT2D eigenvalue weighted by Crippen LogP contribution is -2.27. The lowest BCUT2D eigenvalue weighted by atomic mass is 10.1. The summed E-state index contributed by atoms with van der Waals surface area (Å²) in [5.41, 5.74) is -0.498. The topological polar surface area (TPSA) is 90.9 Å². The lowest BCUT2D eigenvalue weighted by molar-refractivity contribution is -0.160. The zero-order valence-corrected chi connectivity index (χ0v) is 22.8. The Labute approximate surface area is 213 Å². The number of carbonyl (C=O) groups is 1. The SMILES string of the molecule is CCCCCCCCOCCOCCOCCOCCOCCOCCOCC(=O)OC(C)(C)C. The van der Waals surface area contributed by atoms with Gasteiger partial charge in [0.05, 0.1) is 79.3 Å². The van der Waals surface area contributed by atoms with Crippen molar-refractivity contribution in [1.82, 2.24) is 0 Å². The molecule has 9 nitrogen and oxygen atoms in total.